The van der Waals surface area contributed by atoms with Crippen molar-refractivity contribution >= 4 is 11.3 Å². The predicted molar refractivity (Wildman–Crippen MR) is 61.2 cm³/mol. The van der Waals surface area contributed by atoms with Gasteiger partial charge in [-0.25, -0.2) is 4.98 Å². The fraction of sp³-hybridized carbons (Fsp3) is 0.500. The minimum atomic E-state index is -0.167. The molecule has 86 valence electrons. The molecule has 16 heavy (non-hydrogen) atoms. The maximum absolute atomic E-state index is 5.80. The van der Waals surface area contributed by atoms with Gasteiger partial charge in [0, 0.05) is 11.1 Å². The van der Waals surface area contributed by atoms with E-state index >= 15 is 0 Å². The number of aromatic nitrogens is 3. The number of rotatable bonds is 4. The first-order valence-electron chi connectivity index (χ1n) is 5.18. The molecule has 0 aliphatic rings. The van der Waals surface area contributed by atoms with Crippen molar-refractivity contribution in [1.29, 1.82) is 0 Å². The second-order valence-electron chi connectivity index (χ2n) is 3.62. The second-order valence-corrected chi connectivity index (χ2v) is 4.57. The monoisotopic (exact) mass is 238 g/mol. The fourth-order valence-electron chi connectivity index (χ4n) is 1.28. The third-order valence-electron chi connectivity index (χ3n) is 2.22. The highest BCUT2D eigenvalue weighted by atomic mass is 32.1. The lowest BCUT2D eigenvalue weighted by Gasteiger charge is -1.98. The van der Waals surface area contributed by atoms with Crippen molar-refractivity contribution < 1.29 is 4.52 Å². The number of nitrogens with two attached hydrogens (primary N) is 1. The van der Waals surface area contributed by atoms with Crippen molar-refractivity contribution in [3.05, 3.63) is 27.8 Å². The molecule has 2 aromatic heterocycles. The Morgan fingerprint density at radius 2 is 2.31 bits per heavy atom. The van der Waals surface area contributed by atoms with Crippen molar-refractivity contribution in [2.24, 2.45) is 5.73 Å². The van der Waals surface area contributed by atoms with E-state index in [0.717, 1.165) is 17.1 Å². The molecule has 0 aromatic carbocycles. The van der Waals surface area contributed by atoms with Crippen LogP contribution in [0.4, 0.5) is 0 Å². The second kappa shape index (κ2) is 4.71. The van der Waals surface area contributed by atoms with Crippen LogP contribution >= 0.6 is 11.3 Å². The van der Waals surface area contributed by atoms with Gasteiger partial charge in [0.2, 0.25) is 5.89 Å². The Hall–Kier alpha value is -1.27. The van der Waals surface area contributed by atoms with Gasteiger partial charge in [0.25, 0.3) is 0 Å². The SMILES string of the molecule is CCC(N)c1nc(Cc2nc(C)cs2)no1. The summed E-state index contributed by atoms with van der Waals surface area (Å²) in [5.41, 5.74) is 6.82. The van der Waals surface area contributed by atoms with E-state index in [1.807, 2.05) is 19.2 Å². The first-order valence-corrected chi connectivity index (χ1v) is 6.06. The predicted octanol–water partition coefficient (Wildman–Crippen LogP) is 1.84. The lowest BCUT2D eigenvalue weighted by molar-refractivity contribution is 0.348. The number of hydrogen-bond acceptors (Lipinski definition) is 6. The summed E-state index contributed by atoms with van der Waals surface area (Å²) in [6.07, 6.45) is 1.40. The third-order valence-corrected chi connectivity index (χ3v) is 3.18. The van der Waals surface area contributed by atoms with Crippen LogP contribution in [0.2, 0.25) is 0 Å². The van der Waals surface area contributed by atoms with E-state index in [-0.39, 0.29) is 6.04 Å². The summed E-state index contributed by atoms with van der Waals surface area (Å²) in [7, 11) is 0. The normalized spacial score (nSPS) is 12.9. The lowest BCUT2D eigenvalue weighted by Crippen LogP contribution is -2.08. The highest BCUT2D eigenvalue weighted by Crippen LogP contribution is 2.15. The van der Waals surface area contributed by atoms with E-state index in [9.17, 15) is 0 Å². The van der Waals surface area contributed by atoms with Gasteiger partial charge in [0.05, 0.1) is 12.5 Å². The number of aryl methyl sites for hydroxylation is 1. The average Bonchev–Trinajstić information content (AvgIpc) is 2.87. The number of nitrogens with zero attached hydrogens (tertiary/aromatic N) is 3. The van der Waals surface area contributed by atoms with Crippen LogP contribution in [0, 0.1) is 6.92 Å². The van der Waals surface area contributed by atoms with Gasteiger partial charge >= 0.3 is 0 Å². The summed E-state index contributed by atoms with van der Waals surface area (Å²) in [4.78, 5) is 8.60. The first-order chi connectivity index (χ1) is 7.69. The smallest absolute Gasteiger partial charge is 0.243 e. The van der Waals surface area contributed by atoms with Crippen molar-refractivity contribution in [2.45, 2.75) is 32.7 Å². The van der Waals surface area contributed by atoms with Crippen molar-refractivity contribution in [3.8, 4) is 0 Å². The van der Waals surface area contributed by atoms with Crippen LogP contribution in [0.5, 0.6) is 0 Å². The molecule has 0 aliphatic carbocycles. The average molecular weight is 238 g/mol. The molecule has 0 aliphatic heterocycles. The zero-order chi connectivity index (χ0) is 11.5. The molecule has 1 unspecified atom stereocenters. The van der Waals surface area contributed by atoms with Gasteiger partial charge in [-0.1, -0.05) is 12.1 Å². The Bertz CT molecular complexity index is 465. The molecular formula is C10H14N4OS. The van der Waals surface area contributed by atoms with Gasteiger partial charge < -0.3 is 10.3 Å². The van der Waals surface area contributed by atoms with E-state index < -0.39 is 0 Å². The molecule has 2 N–H and O–H groups in total. The van der Waals surface area contributed by atoms with Crippen LogP contribution in [-0.4, -0.2) is 15.1 Å². The molecule has 0 radical (unpaired) electrons. The van der Waals surface area contributed by atoms with Crippen molar-refractivity contribution in [3.63, 3.8) is 0 Å². The highest BCUT2D eigenvalue weighted by Gasteiger charge is 2.13. The third kappa shape index (κ3) is 2.45. The maximum Gasteiger partial charge on any atom is 0.243 e. The van der Waals surface area contributed by atoms with Crippen LogP contribution in [-0.2, 0) is 6.42 Å². The molecule has 0 fully saturated rings. The van der Waals surface area contributed by atoms with Gasteiger partial charge in [-0.3, -0.25) is 0 Å². The summed E-state index contributed by atoms with van der Waals surface area (Å²) in [6.45, 7) is 3.95. The van der Waals surface area contributed by atoms with Gasteiger partial charge in [0.1, 0.15) is 5.01 Å². The Kier molecular flexibility index (Phi) is 3.31. The molecule has 0 bridgehead atoms. The van der Waals surface area contributed by atoms with Gasteiger partial charge in [-0.05, 0) is 13.3 Å². The summed E-state index contributed by atoms with van der Waals surface area (Å²) in [5.74, 6) is 1.15. The standard InChI is InChI=1S/C10H14N4OS/c1-3-7(11)10-13-8(14-15-10)4-9-12-6(2)5-16-9/h5,7H,3-4,11H2,1-2H3. The van der Waals surface area contributed by atoms with Crippen molar-refractivity contribution in [2.75, 3.05) is 0 Å². The van der Waals surface area contributed by atoms with Crippen LogP contribution in [0.1, 0.15) is 41.8 Å². The Balaban J connectivity index is 2.08. The van der Waals surface area contributed by atoms with Crippen LogP contribution in [0.25, 0.3) is 0 Å². The number of hydrogen-bond donors (Lipinski definition) is 1. The van der Waals surface area contributed by atoms with Gasteiger partial charge in [0.15, 0.2) is 5.82 Å². The molecule has 0 saturated heterocycles. The topological polar surface area (TPSA) is 77.8 Å². The zero-order valence-corrected chi connectivity index (χ0v) is 10.1. The zero-order valence-electron chi connectivity index (χ0n) is 9.30. The summed E-state index contributed by atoms with van der Waals surface area (Å²) >= 11 is 1.60. The maximum atomic E-state index is 5.80. The largest absolute Gasteiger partial charge is 0.338 e. The fourth-order valence-corrected chi connectivity index (χ4v) is 2.05. The number of thiazole rings is 1. The molecule has 2 heterocycles. The molecule has 2 aromatic rings. The van der Waals surface area contributed by atoms with E-state index in [1.54, 1.807) is 11.3 Å². The molecule has 1 atom stereocenters. The molecule has 0 amide bonds. The van der Waals surface area contributed by atoms with E-state index in [2.05, 4.69) is 15.1 Å². The van der Waals surface area contributed by atoms with Gasteiger partial charge in [-0.15, -0.1) is 11.3 Å². The highest BCUT2D eigenvalue weighted by molar-refractivity contribution is 7.09. The molecule has 0 saturated carbocycles. The van der Waals surface area contributed by atoms with Crippen LogP contribution in [0.15, 0.2) is 9.90 Å². The summed E-state index contributed by atoms with van der Waals surface area (Å²) in [5, 5.41) is 6.89. The minimum absolute atomic E-state index is 0.167. The first kappa shape index (κ1) is 11.2. The minimum Gasteiger partial charge on any atom is -0.338 e. The molecule has 6 heteroatoms. The van der Waals surface area contributed by atoms with E-state index in [1.165, 1.54) is 0 Å². The van der Waals surface area contributed by atoms with Crippen LogP contribution in [0.3, 0.4) is 0 Å². The Morgan fingerprint density at radius 3 is 2.94 bits per heavy atom. The van der Waals surface area contributed by atoms with Gasteiger partial charge in [-0.2, -0.15) is 4.98 Å². The van der Waals surface area contributed by atoms with E-state index in [0.29, 0.717) is 18.1 Å². The molecule has 0 spiro atoms. The Labute approximate surface area is 97.7 Å². The van der Waals surface area contributed by atoms with Crippen molar-refractivity contribution in [1.82, 2.24) is 15.1 Å². The lowest BCUT2D eigenvalue weighted by atomic mass is 10.2. The molecule has 5 nitrogen and oxygen atoms in total. The molecule has 2 rings (SSSR count). The summed E-state index contributed by atoms with van der Waals surface area (Å²) < 4.78 is 5.09. The summed E-state index contributed by atoms with van der Waals surface area (Å²) in [6, 6.07) is -0.167. The van der Waals surface area contributed by atoms with Crippen LogP contribution < -0.4 is 5.73 Å². The Morgan fingerprint density at radius 1 is 1.50 bits per heavy atom. The quantitative estimate of drug-likeness (QED) is 0.879. The van der Waals surface area contributed by atoms with E-state index in [4.69, 9.17) is 10.3 Å². The molecular weight excluding hydrogens is 224 g/mol.